The molecule has 0 unspecified atom stereocenters. The Morgan fingerprint density at radius 3 is 1.69 bits per heavy atom. The van der Waals surface area contributed by atoms with Crippen LogP contribution in [0.15, 0.2) is 79.0 Å². The van der Waals surface area contributed by atoms with Gasteiger partial charge in [-0.15, -0.1) is 0 Å². The number of fused-ring (bicyclic) bond motifs is 1. The maximum absolute atomic E-state index is 12.9. The number of nitrogens with zero attached hydrogens (tertiary/aromatic N) is 5. The Morgan fingerprint density at radius 1 is 0.705 bits per heavy atom. The fourth-order valence-corrected chi connectivity index (χ4v) is 5.09. The molecule has 0 atom stereocenters. The Balaban J connectivity index is 0.000000654. The van der Waals surface area contributed by atoms with Crippen molar-refractivity contribution in [3.63, 3.8) is 0 Å². The quantitative estimate of drug-likeness (QED) is 0.0404. The Labute approximate surface area is 349 Å². The van der Waals surface area contributed by atoms with E-state index in [1.54, 1.807) is 55.6 Å². The molecule has 8 N–H and O–H groups in total. The fourth-order valence-electron chi connectivity index (χ4n) is 5.09. The zero-order chi connectivity index (χ0) is 44.5. The topological polar surface area (TPSA) is 308 Å². The molecule has 5 rings (SSSR count). The van der Waals surface area contributed by atoms with E-state index in [-0.39, 0.29) is 78.4 Å². The summed E-state index contributed by atoms with van der Waals surface area (Å²) in [4.78, 5) is 77.3. The number of benzene rings is 3. The van der Waals surface area contributed by atoms with Gasteiger partial charge in [0.05, 0.1) is 32.7 Å². The van der Waals surface area contributed by atoms with Gasteiger partial charge in [0, 0.05) is 31.1 Å². The lowest BCUT2D eigenvalue weighted by atomic mass is 9.80. The number of amides is 3. The lowest BCUT2D eigenvalue weighted by molar-refractivity contribution is -0.142. The number of nitrogens with one attached hydrogen (secondary N) is 2. The molecule has 23 heteroatoms. The van der Waals surface area contributed by atoms with Crippen molar-refractivity contribution in [2.45, 2.75) is 39.0 Å². The molecular formula is C38H42B2N8O13. The zero-order valence-corrected chi connectivity index (χ0v) is 33.2. The molecule has 0 bridgehead atoms. The number of rotatable bonds is 16. The minimum absolute atomic E-state index is 0.0270. The van der Waals surface area contributed by atoms with Crippen molar-refractivity contribution in [2.24, 2.45) is 5.73 Å². The van der Waals surface area contributed by atoms with Crippen molar-refractivity contribution in [3.8, 4) is 0 Å². The van der Waals surface area contributed by atoms with Gasteiger partial charge in [0.2, 0.25) is 11.9 Å². The average molecular weight is 840 g/mol. The summed E-state index contributed by atoms with van der Waals surface area (Å²) in [5.41, 5.74) is 8.72. The van der Waals surface area contributed by atoms with Gasteiger partial charge >= 0.3 is 38.4 Å². The van der Waals surface area contributed by atoms with Crippen molar-refractivity contribution in [1.82, 2.24) is 19.9 Å². The van der Waals surface area contributed by atoms with Gasteiger partial charge in [0.15, 0.2) is 17.0 Å². The first-order valence-corrected chi connectivity index (χ1v) is 18.2. The first-order valence-electron chi connectivity index (χ1n) is 18.2. The number of anilines is 3. The number of nitrogens with two attached hydrogens (primary N) is 1. The minimum Gasteiger partial charge on any atom is -0.469 e. The van der Waals surface area contributed by atoms with Crippen LogP contribution in [0.1, 0.15) is 46.4 Å². The first kappa shape index (κ1) is 46.5. The van der Waals surface area contributed by atoms with Gasteiger partial charge in [-0.2, -0.15) is 9.97 Å². The van der Waals surface area contributed by atoms with Gasteiger partial charge < -0.3 is 49.7 Å². The van der Waals surface area contributed by atoms with Crippen molar-refractivity contribution in [3.05, 3.63) is 101 Å². The summed E-state index contributed by atoms with van der Waals surface area (Å²) in [6.07, 6.45) is 0.652. The van der Waals surface area contributed by atoms with Gasteiger partial charge in [-0.25, -0.2) is 19.6 Å². The molecule has 0 aliphatic carbocycles. The van der Waals surface area contributed by atoms with Crippen LogP contribution in [0.2, 0.25) is 0 Å². The lowest BCUT2D eigenvalue weighted by Crippen LogP contribution is -2.29. The number of carbonyl (C=O) groups excluding carboxylic acids is 5. The summed E-state index contributed by atoms with van der Waals surface area (Å²) < 4.78 is 19.3. The normalized spacial score (nSPS) is 10.3. The predicted octanol–water partition coefficient (Wildman–Crippen LogP) is 0.515. The number of carbonyl (C=O) groups is 5. The van der Waals surface area contributed by atoms with E-state index in [0.29, 0.717) is 28.8 Å². The average Bonchev–Trinajstić information content (AvgIpc) is 3.25. The number of ether oxygens (including phenoxy) is 4. The van der Waals surface area contributed by atoms with Crippen LogP contribution in [0.4, 0.5) is 27.0 Å². The molecule has 61 heavy (non-hydrogen) atoms. The number of methoxy groups -OCH3 is 2. The molecule has 0 spiro atoms. The molecule has 0 saturated heterocycles. The largest absolute Gasteiger partial charge is 0.488 e. The maximum atomic E-state index is 12.9. The number of hydrogen-bond acceptors (Lipinski definition) is 18. The standard InChI is InChI=1S/C31H30B2N8O9.C7H12O4/c1-41(24-12-6-20(7-13-24)26(34)42)15-23-14-35-27-25(36-23)28(39-30(43)49-16-18-2-8-21(9-3-18)32(45)46)38-29(37-27)40-31(44)50-17-19-4-10-22(11-5-19)33(47)48;1-10-6(8)4-3-5-7(9)11-2/h2-14,45-48H,15-17H2,1H3,(H2,34,42)(H2,35,37,38,39,40,43,44);3-5H2,1-2H3. The van der Waals surface area contributed by atoms with Crippen LogP contribution in [0.5, 0.6) is 0 Å². The second kappa shape index (κ2) is 22.8. The van der Waals surface area contributed by atoms with E-state index in [1.807, 2.05) is 4.90 Å². The molecule has 0 fully saturated rings. The molecule has 0 radical (unpaired) electrons. The molecule has 2 aromatic heterocycles. The van der Waals surface area contributed by atoms with E-state index in [9.17, 15) is 44.1 Å². The van der Waals surface area contributed by atoms with Gasteiger partial charge in [-0.1, -0.05) is 48.5 Å². The van der Waals surface area contributed by atoms with E-state index >= 15 is 0 Å². The highest BCUT2D eigenvalue weighted by molar-refractivity contribution is 6.58. The van der Waals surface area contributed by atoms with Crippen LogP contribution in [0.25, 0.3) is 11.2 Å². The van der Waals surface area contributed by atoms with Crippen LogP contribution in [0, 0.1) is 0 Å². The molecule has 318 valence electrons. The van der Waals surface area contributed by atoms with Gasteiger partial charge in [-0.3, -0.25) is 25.0 Å². The molecule has 3 aromatic carbocycles. The van der Waals surface area contributed by atoms with Crippen LogP contribution < -0.4 is 32.2 Å². The van der Waals surface area contributed by atoms with E-state index < -0.39 is 32.3 Å². The highest BCUT2D eigenvalue weighted by Gasteiger charge is 2.18. The van der Waals surface area contributed by atoms with E-state index in [4.69, 9.17) is 15.2 Å². The SMILES string of the molecule is CN(Cc1cnc2nc(NC(=O)OCc3ccc(B(O)O)cc3)nc(NC(=O)OCc3ccc(B(O)O)cc3)c2n1)c1ccc(C(N)=O)cc1.COC(=O)CCCC(=O)OC. The Morgan fingerprint density at radius 2 is 1.21 bits per heavy atom. The van der Waals surface area contributed by atoms with Gasteiger partial charge in [0.1, 0.15) is 13.2 Å². The lowest BCUT2D eigenvalue weighted by Gasteiger charge is -2.19. The van der Waals surface area contributed by atoms with Crippen LogP contribution in [-0.4, -0.2) is 106 Å². The van der Waals surface area contributed by atoms with E-state index in [0.717, 1.165) is 5.69 Å². The summed E-state index contributed by atoms with van der Waals surface area (Å²) in [7, 11) is 1.17. The predicted molar refractivity (Wildman–Crippen MR) is 220 cm³/mol. The van der Waals surface area contributed by atoms with Crippen molar-refractivity contribution in [2.75, 3.05) is 36.8 Å². The molecule has 0 aliphatic rings. The van der Waals surface area contributed by atoms with E-state index in [2.05, 4.69) is 40.0 Å². The number of esters is 2. The summed E-state index contributed by atoms with van der Waals surface area (Å²) in [5.74, 6) is -1.53. The highest BCUT2D eigenvalue weighted by Crippen LogP contribution is 2.22. The zero-order valence-electron chi connectivity index (χ0n) is 33.2. The molecular weight excluding hydrogens is 798 g/mol. The third-order valence-corrected chi connectivity index (χ3v) is 8.40. The van der Waals surface area contributed by atoms with Crippen molar-refractivity contribution >= 4 is 83.8 Å². The van der Waals surface area contributed by atoms with Crippen molar-refractivity contribution in [1.29, 1.82) is 0 Å². The third-order valence-electron chi connectivity index (χ3n) is 8.40. The van der Waals surface area contributed by atoms with E-state index in [1.165, 1.54) is 44.7 Å². The van der Waals surface area contributed by atoms with Crippen molar-refractivity contribution < 1.29 is 63.0 Å². The molecule has 21 nitrogen and oxygen atoms in total. The monoisotopic (exact) mass is 840 g/mol. The number of aromatic nitrogens is 4. The Kier molecular flexibility index (Phi) is 17.4. The summed E-state index contributed by atoms with van der Waals surface area (Å²) >= 11 is 0. The summed E-state index contributed by atoms with van der Waals surface area (Å²) in [6.45, 7) is -0.0622. The molecule has 2 heterocycles. The van der Waals surface area contributed by atoms with Gasteiger partial charge in [-0.05, 0) is 52.7 Å². The van der Waals surface area contributed by atoms with Gasteiger partial charge in [0.25, 0.3) is 0 Å². The minimum atomic E-state index is -1.64. The maximum Gasteiger partial charge on any atom is 0.488 e. The van der Waals surface area contributed by atoms with Crippen LogP contribution in [0.3, 0.4) is 0 Å². The molecule has 0 aliphatic heterocycles. The molecule has 0 saturated carbocycles. The molecule has 3 amide bonds. The smallest absolute Gasteiger partial charge is 0.469 e. The van der Waals surface area contributed by atoms with Crippen LogP contribution >= 0.6 is 0 Å². The Bertz CT molecular complexity index is 2270. The number of hydrogen-bond donors (Lipinski definition) is 7. The Hall–Kier alpha value is -7.20. The third kappa shape index (κ3) is 14.8. The second-order valence-corrected chi connectivity index (χ2v) is 12.8. The summed E-state index contributed by atoms with van der Waals surface area (Å²) in [6, 6.07) is 18.8. The second-order valence-electron chi connectivity index (χ2n) is 12.8. The highest BCUT2D eigenvalue weighted by atomic mass is 16.6. The summed E-state index contributed by atoms with van der Waals surface area (Å²) in [5, 5.41) is 42.0. The molecule has 5 aromatic rings. The first-order chi connectivity index (χ1) is 29.1. The van der Waals surface area contributed by atoms with Crippen LogP contribution in [-0.2, 0) is 48.3 Å². The fraction of sp³-hybridized carbons (Fsp3) is 0.237. The number of primary amides is 1.